The van der Waals surface area contributed by atoms with Gasteiger partial charge in [-0.15, -0.1) is 0 Å². The maximum absolute atomic E-state index is 13.5. The summed E-state index contributed by atoms with van der Waals surface area (Å²) in [7, 11) is 1.61. The number of hydrogen-bond donors (Lipinski definition) is 2. The Labute approximate surface area is 234 Å². The largest absolute Gasteiger partial charge is 0.496 e. The van der Waals surface area contributed by atoms with Gasteiger partial charge >= 0.3 is 5.97 Å². The van der Waals surface area contributed by atoms with Crippen LogP contribution in [0.1, 0.15) is 36.8 Å². The zero-order chi connectivity index (χ0) is 26.9. The minimum absolute atomic E-state index is 0.0624. The molecule has 2 aromatic carbocycles. The van der Waals surface area contributed by atoms with Crippen LogP contribution in [0.4, 0.5) is 0 Å². The van der Waals surface area contributed by atoms with Gasteiger partial charge in [-0.25, -0.2) is 9.48 Å². The van der Waals surface area contributed by atoms with E-state index in [1.165, 1.54) is 0 Å². The fourth-order valence-electron chi connectivity index (χ4n) is 4.10. The number of carbonyl (C=O) groups excluding carboxylic acids is 1. The van der Waals surface area contributed by atoms with Crippen LogP contribution in [0.2, 0.25) is 10.0 Å². The van der Waals surface area contributed by atoms with Gasteiger partial charge in [0.2, 0.25) is 5.69 Å². The van der Waals surface area contributed by atoms with E-state index >= 15 is 0 Å². The zero-order valence-electron chi connectivity index (χ0n) is 21.0. The molecule has 0 aliphatic carbocycles. The van der Waals surface area contributed by atoms with E-state index < -0.39 is 17.6 Å². The van der Waals surface area contributed by atoms with Crippen LogP contribution < -0.4 is 20.5 Å². The molecular weight excluding hydrogens is 583 g/mol. The van der Waals surface area contributed by atoms with Crippen LogP contribution in [0.3, 0.4) is 0 Å². The van der Waals surface area contributed by atoms with Gasteiger partial charge in [-0.2, -0.15) is 5.10 Å². The molecule has 3 N–H and O–H groups in total. The fourth-order valence-corrected chi connectivity index (χ4v) is 5.12. The Hall–Kier alpha value is -2.30. The lowest BCUT2D eigenvalue weighted by atomic mass is 9.98. The van der Waals surface area contributed by atoms with Gasteiger partial charge in [0.05, 0.1) is 23.9 Å². The van der Waals surface area contributed by atoms with E-state index in [0.29, 0.717) is 59.0 Å². The minimum Gasteiger partial charge on any atom is -0.496 e. The number of hydrogen-bond acceptors (Lipinski definition) is 7. The number of nitrogens with two attached hydrogens (primary N) is 1. The van der Waals surface area contributed by atoms with Gasteiger partial charge in [-0.1, -0.05) is 23.2 Å². The highest BCUT2D eigenvalue weighted by molar-refractivity contribution is 9.10. The summed E-state index contributed by atoms with van der Waals surface area (Å²) in [6.07, 6.45) is 0.120. The first-order valence-corrected chi connectivity index (χ1v) is 13.4. The van der Waals surface area contributed by atoms with Crippen molar-refractivity contribution in [2.24, 2.45) is 5.73 Å². The summed E-state index contributed by atoms with van der Waals surface area (Å²) in [4.78, 5) is 13.5. The lowest BCUT2D eigenvalue weighted by Gasteiger charge is -2.32. The number of ether oxygens (including phenoxy) is 3. The Morgan fingerprint density at radius 2 is 1.97 bits per heavy atom. The number of esters is 1. The molecular formula is C26H29BrCl2N4O4. The highest BCUT2D eigenvalue weighted by Gasteiger charge is 2.34. The molecule has 8 nitrogen and oxygen atoms in total. The van der Waals surface area contributed by atoms with E-state index in [-0.39, 0.29) is 5.69 Å². The summed E-state index contributed by atoms with van der Waals surface area (Å²) in [5.74, 6) is 0.422. The zero-order valence-corrected chi connectivity index (χ0v) is 24.1. The summed E-state index contributed by atoms with van der Waals surface area (Å²) < 4.78 is 19.9. The molecule has 1 aromatic heterocycles. The molecule has 2 heterocycles. The van der Waals surface area contributed by atoms with E-state index in [0.717, 1.165) is 15.6 Å². The molecule has 11 heteroatoms. The van der Waals surface area contributed by atoms with Gasteiger partial charge in [-0.3, -0.25) is 0 Å². The average molecular weight is 612 g/mol. The van der Waals surface area contributed by atoms with Crippen molar-refractivity contribution in [3.05, 3.63) is 56.1 Å². The molecule has 0 radical (unpaired) electrons. The number of carbonyl (C=O) groups is 1. The molecule has 0 bridgehead atoms. The van der Waals surface area contributed by atoms with Crippen molar-refractivity contribution in [2.45, 2.75) is 38.8 Å². The lowest BCUT2D eigenvalue weighted by molar-refractivity contribution is 0.0113. The van der Waals surface area contributed by atoms with Crippen molar-refractivity contribution in [3.63, 3.8) is 0 Å². The van der Waals surface area contributed by atoms with E-state index in [1.54, 1.807) is 30.0 Å². The molecule has 1 aliphatic rings. The van der Waals surface area contributed by atoms with Crippen molar-refractivity contribution in [1.82, 2.24) is 15.1 Å². The lowest BCUT2D eigenvalue weighted by Crippen LogP contribution is -2.51. The Morgan fingerprint density at radius 3 is 2.62 bits per heavy atom. The molecule has 198 valence electrons. The van der Waals surface area contributed by atoms with Gasteiger partial charge in [0, 0.05) is 40.7 Å². The fraction of sp³-hybridized carbons (Fsp3) is 0.385. The number of methoxy groups -OCH3 is 1. The monoisotopic (exact) mass is 610 g/mol. The van der Waals surface area contributed by atoms with E-state index in [2.05, 4.69) is 26.3 Å². The van der Waals surface area contributed by atoms with Crippen LogP contribution in [0.15, 0.2) is 34.8 Å². The van der Waals surface area contributed by atoms with Crippen molar-refractivity contribution in [1.29, 1.82) is 0 Å². The Bertz CT molecular complexity index is 1310. The summed E-state index contributed by atoms with van der Waals surface area (Å²) >= 11 is 16.2. The third kappa shape index (κ3) is 5.76. The Balaban J connectivity index is 1.87. The number of halogens is 3. The number of benzene rings is 2. The van der Waals surface area contributed by atoms with Gasteiger partial charge in [0.1, 0.15) is 17.5 Å². The predicted molar refractivity (Wildman–Crippen MR) is 148 cm³/mol. The van der Waals surface area contributed by atoms with E-state index in [4.69, 9.17) is 43.1 Å². The van der Waals surface area contributed by atoms with Crippen LogP contribution in [-0.4, -0.2) is 54.2 Å². The van der Waals surface area contributed by atoms with Gasteiger partial charge < -0.3 is 25.3 Å². The molecule has 0 saturated heterocycles. The molecule has 1 atom stereocenters. The van der Waals surface area contributed by atoms with Crippen LogP contribution in [-0.2, 0) is 11.2 Å². The summed E-state index contributed by atoms with van der Waals surface area (Å²) in [5.41, 5.74) is 8.17. The normalized spacial score (nSPS) is 13.7. The first kappa shape index (κ1) is 27.7. The van der Waals surface area contributed by atoms with Crippen LogP contribution in [0.25, 0.3) is 16.9 Å². The summed E-state index contributed by atoms with van der Waals surface area (Å²) in [5, 5.41) is 8.84. The van der Waals surface area contributed by atoms with Crippen molar-refractivity contribution >= 4 is 45.1 Å². The number of aromatic nitrogens is 2. The number of fused-ring (bicyclic) bond motifs is 3. The smallest absolute Gasteiger partial charge is 0.363 e. The second kappa shape index (κ2) is 11.2. The Kier molecular flexibility index (Phi) is 8.40. The van der Waals surface area contributed by atoms with Gasteiger partial charge in [0.25, 0.3) is 0 Å². The van der Waals surface area contributed by atoms with E-state index in [9.17, 15) is 4.79 Å². The SMILES string of the molecule is COc1cc2c(cc1Br)-c1c(c(C(=O)OC(C)C(C)(C)NCCN)nn1-c1cc(Cl)cc(Cl)c1)OCC2. The van der Waals surface area contributed by atoms with Crippen molar-refractivity contribution in [2.75, 3.05) is 26.8 Å². The molecule has 0 amide bonds. The van der Waals surface area contributed by atoms with Crippen molar-refractivity contribution in [3.8, 4) is 28.4 Å². The molecule has 37 heavy (non-hydrogen) atoms. The summed E-state index contributed by atoms with van der Waals surface area (Å²) in [6, 6.07) is 8.96. The van der Waals surface area contributed by atoms with Gasteiger partial charge in [0.15, 0.2) is 5.75 Å². The highest BCUT2D eigenvalue weighted by Crippen LogP contribution is 2.43. The van der Waals surface area contributed by atoms with Gasteiger partial charge in [-0.05, 0) is 72.6 Å². The molecule has 1 aliphatic heterocycles. The second-order valence-electron chi connectivity index (χ2n) is 9.29. The maximum Gasteiger partial charge on any atom is 0.363 e. The Morgan fingerprint density at radius 1 is 1.27 bits per heavy atom. The molecule has 0 spiro atoms. The molecule has 1 unspecified atom stereocenters. The molecule has 3 aromatic rings. The number of nitrogens with one attached hydrogen (secondary N) is 1. The van der Waals surface area contributed by atoms with Crippen molar-refractivity contribution < 1.29 is 19.0 Å². The van der Waals surface area contributed by atoms with Crippen LogP contribution >= 0.6 is 39.1 Å². The highest BCUT2D eigenvalue weighted by atomic mass is 79.9. The third-order valence-electron chi connectivity index (χ3n) is 6.40. The first-order chi connectivity index (χ1) is 17.6. The third-order valence-corrected chi connectivity index (χ3v) is 7.46. The molecule has 0 saturated carbocycles. The van der Waals surface area contributed by atoms with Crippen LogP contribution in [0.5, 0.6) is 11.5 Å². The standard InChI is InChI=1S/C26H29BrCl2N4O4/c1-14(26(2,3)31-7-6-30)37-25(34)22-24-23(33(32-22)18-11-16(28)10-17(29)12-18)19-13-20(27)21(35-4)9-15(19)5-8-36-24/h9-14,31H,5-8,30H2,1-4H3. The second-order valence-corrected chi connectivity index (χ2v) is 11.0. The molecule has 0 fully saturated rings. The summed E-state index contributed by atoms with van der Waals surface area (Å²) in [6.45, 7) is 7.13. The predicted octanol–water partition coefficient (Wildman–Crippen LogP) is 5.42. The van der Waals surface area contributed by atoms with Crippen LogP contribution in [0, 0.1) is 0 Å². The quantitative estimate of drug-likeness (QED) is 0.328. The molecule has 4 rings (SSSR count). The maximum atomic E-state index is 13.5. The number of rotatable bonds is 8. The first-order valence-electron chi connectivity index (χ1n) is 11.8. The average Bonchev–Trinajstić information content (AvgIpc) is 3.12. The topological polar surface area (TPSA) is 101 Å². The minimum atomic E-state index is -0.603. The number of nitrogens with zero attached hydrogens (tertiary/aromatic N) is 2. The van der Waals surface area contributed by atoms with E-state index in [1.807, 2.05) is 32.9 Å².